The van der Waals surface area contributed by atoms with Crippen LogP contribution in [0, 0.1) is 28.5 Å². The van der Waals surface area contributed by atoms with Crippen LogP contribution in [0.3, 0.4) is 0 Å². The fourth-order valence-electron chi connectivity index (χ4n) is 3.09. The van der Waals surface area contributed by atoms with Gasteiger partial charge in [0.2, 0.25) is 0 Å². The number of rotatable bonds is 5. The Morgan fingerprint density at radius 2 is 1.97 bits per heavy atom. The molecule has 1 aromatic heterocycles. The molecule has 0 aliphatic carbocycles. The van der Waals surface area contributed by atoms with E-state index in [1.54, 1.807) is 30.3 Å². The first-order chi connectivity index (χ1) is 15.1. The number of H-pyrrole nitrogens is 1. The second kappa shape index (κ2) is 8.83. The molecule has 7 heteroatoms. The molecular formula is C24H14BrFN4O. The third-order valence-electron chi connectivity index (χ3n) is 4.61. The molecule has 0 amide bonds. The summed E-state index contributed by atoms with van der Waals surface area (Å²) < 4.78 is 20.3. The van der Waals surface area contributed by atoms with E-state index in [2.05, 4.69) is 38.0 Å². The predicted molar refractivity (Wildman–Crippen MR) is 119 cm³/mol. The highest BCUT2D eigenvalue weighted by Crippen LogP contribution is 2.29. The van der Waals surface area contributed by atoms with Crippen molar-refractivity contribution >= 4 is 38.6 Å². The number of hydrogen-bond donors (Lipinski definition) is 1. The van der Waals surface area contributed by atoms with Gasteiger partial charge < -0.3 is 9.72 Å². The maximum absolute atomic E-state index is 13.5. The first-order valence-corrected chi connectivity index (χ1v) is 10.0. The van der Waals surface area contributed by atoms with Gasteiger partial charge in [-0.05, 0) is 48.5 Å². The summed E-state index contributed by atoms with van der Waals surface area (Å²) in [5, 5.41) is 19.0. The van der Waals surface area contributed by atoms with Gasteiger partial charge in [0.15, 0.2) is 0 Å². The van der Waals surface area contributed by atoms with Crippen molar-refractivity contribution < 1.29 is 9.13 Å². The van der Waals surface area contributed by atoms with Crippen molar-refractivity contribution in [1.82, 2.24) is 9.97 Å². The lowest BCUT2D eigenvalue weighted by molar-refractivity contribution is 0.305. The predicted octanol–water partition coefficient (Wildman–Crippen LogP) is 5.98. The molecular weight excluding hydrogens is 459 g/mol. The van der Waals surface area contributed by atoms with Gasteiger partial charge in [-0.3, -0.25) is 0 Å². The number of nitrogens with zero attached hydrogens (tertiary/aromatic N) is 3. The number of hydrogen-bond acceptors (Lipinski definition) is 4. The summed E-state index contributed by atoms with van der Waals surface area (Å²) in [6, 6.07) is 21.2. The number of halogens is 2. The molecule has 0 spiro atoms. The van der Waals surface area contributed by atoms with E-state index in [1.165, 1.54) is 12.1 Å². The van der Waals surface area contributed by atoms with Crippen LogP contribution in [0.25, 0.3) is 22.7 Å². The van der Waals surface area contributed by atoms with E-state index in [-0.39, 0.29) is 18.0 Å². The quantitative estimate of drug-likeness (QED) is 0.362. The minimum Gasteiger partial charge on any atom is -0.488 e. The summed E-state index contributed by atoms with van der Waals surface area (Å²) in [7, 11) is 0. The third kappa shape index (κ3) is 4.48. The first kappa shape index (κ1) is 20.3. The van der Waals surface area contributed by atoms with E-state index in [1.807, 2.05) is 24.3 Å². The van der Waals surface area contributed by atoms with Gasteiger partial charge in [0.1, 0.15) is 30.1 Å². The molecule has 4 rings (SSSR count). The average molecular weight is 473 g/mol. The minimum atomic E-state index is -0.384. The maximum atomic E-state index is 13.5. The number of ether oxygens (including phenoxy) is 1. The molecule has 0 saturated heterocycles. The van der Waals surface area contributed by atoms with Gasteiger partial charge in [-0.25, -0.2) is 9.37 Å². The van der Waals surface area contributed by atoms with Gasteiger partial charge in [0.05, 0.1) is 28.2 Å². The van der Waals surface area contributed by atoms with Crippen LogP contribution in [0.1, 0.15) is 22.5 Å². The molecule has 150 valence electrons. The Balaban J connectivity index is 1.69. The number of aromatic nitrogens is 2. The number of aromatic amines is 1. The number of benzene rings is 3. The number of allylic oxidation sites excluding steroid dienone is 1. The van der Waals surface area contributed by atoms with Crippen LogP contribution in [-0.4, -0.2) is 9.97 Å². The van der Waals surface area contributed by atoms with E-state index in [0.717, 1.165) is 10.0 Å². The molecule has 0 radical (unpaired) electrons. The molecule has 4 aromatic rings. The average Bonchev–Trinajstić information content (AvgIpc) is 3.20. The summed E-state index contributed by atoms with van der Waals surface area (Å²) in [6.45, 7) is 0.206. The summed E-state index contributed by atoms with van der Waals surface area (Å²) in [5.74, 6) is 0.500. The van der Waals surface area contributed by atoms with Crippen molar-refractivity contribution in [3.63, 3.8) is 0 Å². The largest absolute Gasteiger partial charge is 0.488 e. The van der Waals surface area contributed by atoms with Gasteiger partial charge in [0.25, 0.3) is 0 Å². The van der Waals surface area contributed by atoms with Crippen LogP contribution in [0.4, 0.5) is 4.39 Å². The Bertz CT molecular complexity index is 1390. The molecule has 0 aliphatic heterocycles. The molecule has 0 fully saturated rings. The smallest absolute Gasteiger partial charge is 0.149 e. The topological polar surface area (TPSA) is 85.5 Å². The van der Waals surface area contributed by atoms with Crippen LogP contribution in [0.5, 0.6) is 5.75 Å². The lowest BCUT2D eigenvalue weighted by Gasteiger charge is -2.11. The Kier molecular flexibility index (Phi) is 5.79. The SMILES string of the molecule is N#C/C(=C/c1cc(Br)ccc1OCc1ccccc1C#N)c1nc2ccc(F)cc2[nH]1. The Labute approximate surface area is 186 Å². The van der Waals surface area contributed by atoms with Crippen molar-refractivity contribution in [2.24, 2.45) is 0 Å². The lowest BCUT2D eigenvalue weighted by atomic mass is 10.1. The van der Waals surface area contributed by atoms with E-state index >= 15 is 0 Å². The highest BCUT2D eigenvalue weighted by Gasteiger charge is 2.12. The summed E-state index contributed by atoms with van der Waals surface area (Å²) in [4.78, 5) is 7.37. The summed E-state index contributed by atoms with van der Waals surface area (Å²) in [6.07, 6.45) is 1.66. The molecule has 5 nitrogen and oxygen atoms in total. The van der Waals surface area contributed by atoms with Gasteiger partial charge in [0, 0.05) is 15.6 Å². The Hall–Kier alpha value is -3.94. The Morgan fingerprint density at radius 3 is 2.77 bits per heavy atom. The van der Waals surface area contributed by atoms with Crippen molar-refractivity contribution in [3.05, 3.63) is 93.5 Å². The standard InChI is InChI=1S/C24H14BrFN4O/c25-19-5-8-23(31-14-16-4-2-1-3-15(16)12-27)17(10-19)9-18(13-28)24-29-21-7-6-20(26)11-22(21)30-24/h1-11H,14H2,(H,29,30)/b18-9-. The van der Waals surface area contributed by atoms with E-state index in [0.29, 0.717) is 33.7 Å². The van der Waals surface area contributed by atoms with Gasteiger partial charge >= 0.3 is 0 Å². The van der Waals surface area contributed by atoms with Gasteiger partial charge in [-0.2, -0.15) is 10.5 Å². The number of nitriles is 2. The normalized spacial score (nSPS) is 11.2. The van der Waals surface area contributed by atoms with Crippen molar-refractivity contribution in [2.45, 2.75) is 6.61 Å². The van der Waals surface area contributed by atoms with Gasteiger partial charge in [-0.15, -0.1) is 0 Å². The second-order valence-electron chi connectivity index (χ2n) is 6.66. The lowest BCUT2D eigenvalue weighted by Crippen LogP contribution is -1.99. The van der Waals surface area contributed by atoms with Crippen LogP contribution in [0.15, 0.2) is 65.1 Å². The van der Waals surface area contributed by atoms with Crippen LogP contribution in [-0.2, 0) is 6.61 Å². The second-order valence-corrected chi connectivity index (χ2v) is 7.57. The molecule has 31 heavy (non-hydrogen) atoms. The van der Waals surface area contributed by atoms with Gasteiger partial charge in [-0.1, -0.05) is 34.1 Å². The zero-order chi connectivity index (χ0) is 21.8. The molecule has 1 N–H and O–H groups in total. The van der Waals surface area contributed by atoms with E-state index < -0.39 is 0 Å². The van der Waals surface area contributed by atoms with Crippen molar-refractivity contribution in [1.29, 1.82) is 10.5 Å². The zero-order valence-electron chi connectivity index (χ0n) is 16.1. The van der Waals surface area contributed by atoms with Crippen LogP contribution in [0.2, 0.25) is 0 Å². The van der Waals surface area contributed by atoms with Crippen molar-refractivity contribution in [3.8, 4) is 17.9 Å². The highest BCUT2D eigenvalue weighted by molar-refractivity contribution is 9.10. The van der Waals surface area contributed by atoms with Crippen LogP contribution >= 0.6 is 15.9 Å². The summed E-state index contributed by atoms with van der Waals surface area (Å²) >= 11 is 3.44. The monoisotopic (exact) mass is 472 g/mol. The summed E-state index contributed by atoms with van der Waals surface area (Å²) in [5.41, 5.74) is 3.32. The molecule has 0 unspecified atom stereocenters. The highest BCUT2D eigenvalue weighted by atomic mass is 79.9. The third-order valence-corrected chi connectivity index (χ3v) is 5.11. The van der Waals surface area contributed by atoms with Crippen LogP contribution < -0.4 is 4.74 Å². The molecule has 3 aromatic carbocycles. The fraction of sp³-hybridized carbons (Fsp3) is 0.0417. The maximum Gasteiger partial charge on any atom is 0.149 e. The molecule has 0 atom stereocenters. The number of nitrogens with one attached hydrogen (secondary N) is 1. The number of fused-ring (bicyclic) bond motifs is 1. The molecule has 0 aliphatic rings. The molecule has 0 saturated carbocycles. The molecule has 1 heterocycles. The Morgan fingerprint density at radius 1 is 1.13 bits per heavy atom. The fourth-order valence-corrected chi connectivity index (χ4v) is 3.47. The zero-order valence-corrected chi connectivity index (χ0v) is 17.6. The minimum absolute atomic E-state index is 0.206. The van der Waals surface area contributed by atoms with E-state index in [9.17, 15) is 14.9 Å². The van der Waals surface area contributed by atoms with Crippen molar-refractivity contribution in [2.75, 3.05) is 0 Å². The number of imidazole rings is 1. The molecule has 0 bridgehead atoms. The van der Waals surface area contributed by atoms with E-state index in [4.69, 9.17) is 4.74 Å². The first-order valence-electron chi connectivity index (χ1n) is 9.25.